The Kier molecular flexibility index (Phi) is 4.51. The lowest BCUT2D eigenvalue weighted by Gasteiger charge is -2.29. The van der Waals surface area contributed by atoms with Crippen LogP contribution in [0.25, 0.3) is 0 Å². The molecule has 0 radical (unpaired) electrons. The third-order valence-electron chi connectivity index (χ3n) is 3.11. The van der Waals surface area contributed by atoms with Gasteiger partial charge in [0.2, 0.25) is 0 Å². The second-order valence-electron chi connectivity index (χ2n) is 4.48. The quantitative estimate of drug-likeness (QED) is 0.764. The Hall–Kier alpha value is -0.930. The molecule has 2 rings (SSSR count). The molecule has 1 saturated heterocycles. The molecule has 0 unspecified atom stereocenters. The zero-order chi connectivity index (χ0) is 12.1. The summed E-state index contributed by atoms with van der Waals surface area (Å²) < 4.78 is 5.32. The number of thiocarbonyl (C=S) groups is 1. The fraction of sp³-hybridized carbons (Fsp3) is 0.500. The van der Waals surface area contributed by atoms with Crippen LogP contribution in [0.2, 0.25) is 0 Å². The lowest BCUT2D eigenvalue weighted by molar-refractivity contribution is 0.0683. The first-order chi connectivity index (χ1) is 8.25. The second kappa shape index (κ2) is 6.12. The highest BCUT2D eigenvalue weighted by Crippen LogP contribution is 2.09. The molecule has 1 aromatic carbocycles. The van der Waals surface area contributed by atoms with Gasteiger partial charge in [-0.1, -0.05) is 42.0 Å². The highest BCUT2D eigenvalue weighted by molar-refractivity contribution is 7.80. The first-order valence-corrected chi connectivity index (χ1v) is 6.57. The third kappa shape index (κ3) is 3.79. The van der Waals surface area contributed by atoms with Crippen LogP contribution in [-0.2, 0) is 11.2 Å². The largest absolute Gasteiger partial charge is 0.378 e. The summed E-state index contributed by atoms with van der Waals surface area (Å²) in [6, 6.07) is 8.70. The van der Waals surface area contributed by atoms with Crippen molar-refractivity contribution >= 4 is 17.2 Å². The number of nitrogens with zero attached hydrogens (tertiary/aromatic N) is 1. The van der Waals surface area contributed by atoms with E-state index in [2.05, 4.69) is 36.1 Å². The molecule has 0 spiro atoms. The summed E-state index contributed by atoms with van der Waals surface area (Å²) in [5.41, 5.74) is 2.68. The minimum absolute atomic E-state index is 0.810. The van der Waals surface area contributed by atoms with Gasteiger partial charge in [0, 0.05) is 19.5 Å². The molecular formula is C14H19NOS. The molecule has 0 atom stereocenters. The molecule has 3 heteroatoms. The number of morpholine rings is 1. The van der Waals surface area contributed by atoms with Gasteiger partial charge in [-0.05, 0) is 18.9 Å². The molecule has 17 heavy (non-hydrogen) atoms. The monoisotopic (exact) mass is 249 g/mol. The van der Waals surface area contributed by atoms with E-state index in [1.54, 1.807) is 0 Å². The lowest BCUT2D eigenvalue weighted by Crippen LogP contribution is -2.39. The number of hydrogen-bond donors (Lipinski definition) is 0. The highest BCUT2D eigenvalue weighted by atomic mass is 32.1. The van der Waals surface area contributed by atoms with Crippen molar-refractivity contribution in [3.63, 3.8) is 0 Å². The van der Waals surface area contributed by atoms with Crippen molar-refractivity contribution in [3.8, 4) is 0 Å². The summed E-state index contributed by atoms with van der Waals surface area (Å²) in [5, 5.41) is 0. The van der Waals surface area contributed by atoms with Crippen LogP contribution in [-0.4, -0.2) is 36.2 Å². The van der Waals surface area contributed by atoms with Crippen molar-refractivity contribution in [2.45, 2.75) is 19.8 Å². The van der Waals surface area contributed by atoms with Gasteiger partial charge in [-0.2, -0.15) is 0 Å². The molecule has 0 bridgehead atoms. The predicted molar refractivity (Wildman–Crippen MR) is 74.5 cm³/mol. The van der Waals surface area contributed by atoms with E-state index in [0.717, 1.165) is 44.1 Å². The van der Waals surface area contributed by atoms with E-state index in [-0.39, 0.29) is 0 Å². The molecule has 0 aromatic heterocycles. The average Bonchev–Trinajstić information content (AvgIpc) is 2.39. The SMILES string of the molecule is Cc1ccc(CCC(=S)N2CCOCC2)cc1. The van der Waals surface area contributed by atoms with Crippen molar-refractivity contribution in [2.75, 3.05) is 26.3 Å². The van der Waals surface area contributed by atoms with Crippen LogP contribution in [0.3, 0.4) is 0 Å². The zero-order valence-corrected chi connectivity index (χ0v) is 11.1. The van der Waals surface area contributed by atoms with Crippen LogP contribution in [0, 0.1) is 6.92 Å². The zero-order valence-electron chi connectivity index (χ0n) is 10.3. The standard InChI is InChI=1S/C14H19NOS/c1-12-2-4-13(5-3-12)6-7-14(17)15-8-10-16-11-9-15/h2-5H,6-11H2,1H3. The van der Waals surface area contributed by atoms with Crippen LogP contribution in [0.1, 0.15) is 17.5 Å². The Morgan fingerprint density at radius 2 is 1.88 bits per heavy atom. The van der Waals surface area contributed by atoms with E-state index in [0.29, 0.717) is 0 Å². The van der Waals surface area contributed by atoms with Gasteiger partial charge in [-0.25, -0.2) is 0 Å². The molecule has 0 N–H and O–H groups in total. The number of hydrogen-bond acceptors (Lipinski definition) is 2. The smallest absolute Gasteiger partial charge is 0.0784 e. The summed E-state index contributed by atoms with van der Waals surface area (Å²) in [4.78, 5) is 3.35. The van der Waals surface area contributed by atoms with E-state index in [1.807, 2.05) is 0 Å². The van der Waals surface area contributed by atoms with E-state index in [4.69, 9.17) is 17.0 Å². The minimum Gasteiger partial charge on any atom is -0.378 e. The van der Waals surface area contributed by atoms with Crippen LogP contribution in [0.15, 0.2) is 24.3 Å². The lowest BCUT2D eigenvalue weighted by atomic mass is 10.1. The number of benzene rings is 1. The van der Waals surface area contributed by atoms with Gasteiger partial charge in [0.05, 0.1) is 18.2 Å². The van der Waals surface area contributed by atoms with Crippen molar-refractivity contribution in [1.82, 2.24) is 4.90 Å². The van der Waals surface area contributed by atoms with Gasteiger partial charge in [0.1, 0.15) is 0 Å². The summed E-state index contributed by atoms with van der Waals surface area (Å²) in [5.74, 6) is 0. The van der Waals surface area contributed by atoms with E-state index in [1.165, 1.54) is 11.1 Å². The molecule has 1 heterocycles. The van der Waals surface area contributed by atoms with Gasteiger partial charge in [0.15, 0.2) is 0 Å². The molecule has 1 aromatic rings. The molecule has 0 amide bonds. The molecule has 0 aliphatic carbocycles. The summed E-state index contributed by atoms with van der Waals surface area (Å²) in [6.45, 7) is 5.64. The van der Waals surface area contributed by atoms with Gasteiger partial charge in [0.25, 0.3) is 0 Å². The molecule has 0 saturated carbocycles. The molecule has 1 aliphatic rings. The first kappa shape index (κ1) is 12.5. The second-order valence-corrected chi connectivity index (χ2v) is 4.95. The normalized spacial score (nSPS) is 15.9. The van der Waals surface area contributed by atoms with Crippen LogP contribution in [0.5, 0.6) is 0 Å². The van der Waals surface area contributed by atoms with Crippen molar-refractivity contribution in [2.24, 2.45) is 0 Å². The molecular weight excluding hydrogens is 230 g/mol. The van der Waals surface area contributed by atoms with Gasteiger partial charge in [-0.15, -0.1) is 0 Å². The van der Waals surface area contributed by atoms with Crippen LogP contribution >= 0.6 is 12.2 Å². The van der Waals surface area contributed by atoms with Gasteiger partial charge >= 0.3 is 0 Å². The molecule has 2 nitrogen and oxygen atoms in total. The number of ether oxygens (including phenoxy) is 1. The van der Waals surface area contributed by atoms with Crippen LogP contribution < -0.4 is 0 Å². The third-order valence-corrected chi connectivity index (χ3v) is 3.57. The fourth-order valence-electron chi connectivity index (χ4n) is 1.98. The molecule has 1 fully saturated rings. The van der Waals surface area contributed by atoms with Gasteiger partial charge < -0.3 is 9.64 Å². The van der Waals surface area contributed by atoms with E-state index in [9.17, 15) is 0 Å². The maximum atomic E-state index is 5.47. The average molecular weight is 249 g/mol. The first-order valence-electron chi connectivity index (χ1n) is 6.17. The fourth-order valence-corrected chi connectivity index (χ4v) is 2.26. The highest BCUT2D eigenvalue weighted by Gasteiger charge is 2.13. The molecule has 92 valence electrons. The Morgan fingerprint density at radius 1 is 1.24 bits per heavy atom. The summed E-state index contributed by atoms with van der Waals surface area (Å²) in [6.07, 6.45) is 2.01. The Morgan fingerprint density at radius 3 is 2.53 bits per heavy atom. The summed E-state index contributed by atoms with van der Waals surface area (Å²) >= 11 is 5.47. The van der Waals surface area contributed by atoms with Crippen molar-refractivity contribution in [1.29, 1.82) is 0 Å². The maximum Gasteiger partial charge on any atom is 0.0784 e. The number of aryl methyl sites for hydroxylation is 2. The predicted octanol–water partition coefficient (Wildman–Crippen LogP) is 2.59. The maximum absolute atomic E-state index is 5.47. The van der Waals surface area contributed by atoms with E-state index < -0.39 is 0 Å². The Bertz CT molecular complexity index is 368. The number of rotatable bonds is 3. The van der Waals surface area contributed by atoms with Gasteiger partial charge in [-0.3, -0.25) is 0 Å². The topological polar surface area (TPSA) is 12.5 Å². The van der Waals surface area contributed by atoms with Crippen molar-refractivity contribution < 1.29 is 4.74 Å². The molecule has 1 aliphatic heterocycles. The minimum atomic E-state index is 0.810. The van der Waals surface area contributed by atoms with E-state index >= 15 is 0 Å². The summed E-state index contributed by atoms with van der Waals surface area (Å²) in [7, 11) is 0. The van der Waals surface area contributed by atoms with Crippen LogP contribution in [0.4, 0.5) is 0 Å². The van der Waals surface area contributed by atoms with Crippen molar-refractivity contribution in [3.05, 3.63) is 35.4 Å². The Balaban J connectivity index is 1.81. The Labute approximate surface area is 109 Å².